The van der Waals surface area contributed by atoms with E-state index in [0.717, 1.165) is 37.2 Å². The van der Waals surface area contributed by atoms with Crippen LogP contribution >= 0.6 is 0 Å². The summed E-state index contributed by atoms with van der Waals surface area (Å²) < 4.78 is 11.5. The van der Waals surface area contributed by atoms with Crippen molar-refractivity contribution in [1.29, 1.82) is 0 Å². The minimum atomic E-state index is -0.290. The molecule has 6 nitrogen and oxygen atoms in total. The number of aromatic nitrogens is 1. The van der Waals surface area contributed by atoms with E-state index in [1.54, 1.807) is 6.20 Å². The van der Waals surface area contributed by atoms with Gasteiger partial charge in [-0.1, -0.05) is 18.2 Å². The number of pyridine rings is 1. The van der Waals surface area contributed by atoms with Gasteiger partial charge in [0.2, 0.25) is 11.8 Å². The van der Waals surface area contributed by atoms with E-state index in [2.05, 4.69) is 22.2 Å². The molecule has 1 fully saturated rings. The molecule has 2 aliphatic heterocycles. The molecule has 1 aromatic heterocycles. The third-order valence-corrected chi connectivity index (χ3v) is 4.97. The van der Waals surface area contributed by atoms with E-state index in [0.29, 0.717) is 18.2 Å². The molecule has 0 radical (unpaired) electrons. The predicted octanol–water partition coefficient (Wildman–Crippen LogP) is 2.67. The van der Waals surface area contributed by atoms with Crippen LogP contribution in [0.15, 0.2) is 42.6 Å². The van der Waals surface area contributed by atoms with Crippen LogP contribution in [0.2, 0.25) is 0 Å². The Morgan fingerprint density at radius 2 is 2.04 bits per heavy atom. The Labute approximate surface area is 153 Å². The molecule has 26 heavy (non-hydrogen) atoms. The summed E-state index contributed by atoms with van der Waals surface area (Å²) in [6.07, 6.45) is 3.88. The highest BCUT2D eigenvalue weighted by Gasteiger charge is 2.30. The van der Waals surface area contributed by atoms with Crippen molar-refractivity contribution in [2.45, 2.75) is 24.9 Å². The fourth-order valence-corrected chi connectivity index (χ4v) is 3.41. The van der Waals surface area contributed by atoms with Gasteiger partial charge in [0, 0.05) is 24.7 Å². The number of nitrogens with zero attached hydrogens (tertiary/aromatic N) is 2. The number of carbonyl (C=O) groups excluding carboxylic acids is 1. The molecule has 1 amide bonds. The van der Waals surface area contributed by atoms with Crippen LogP contribution in [0.25, 0.3) is 0 Å². The molecule has 2 aromatic rings. The largest absolute Gasteiger partial charge is 0.492 e. The second-order valence-corrected chi connectivity index (χ2v) is 6.90. The number of benzene rings is 1. The van der Waals surface area contributed by atoms with Crippen molar-refractivity contribution < 1.29 is 14.3 Å². The highest BCUT2D eigenvalue weighted by molar-refractivity contribution is 5.96. The second-order valence-electron chi connectivity index (χ2n) is 6.90. The van der Waals surface area contributed by atoms with Crippen molar-refractivity contribution in [1.82, 2.24) is 9.88 Å². The van der Waals surface area contributed by atoms with Gasteiger partial charge in [0.25, 0.3) is 0 Å². The second kappa shape index (κ2) is 7.33. The Bertz CT molecular complexity index is 770. The third-order valence-electron chi connectivity index (χ3n) is 4.97. The predicted molar refractivity (Wildman–Crippen MR) is 98.7 cm³/mol. The van der Waals surface area contributed by atoms with Crippen molar-refractivity contribution in [3.05, 3.63) is 48.2 Å². The van der Waals surface area contributed by atoms with Gasteiger partial charge in [-0.15, -0.1) is 0 Å². The van der Waals surface area contributed by atoms with Gasteiger partial charge in [-0.05, 0) is 32.0 Å². The van der Waals surface area contributed by atoms with Gasteiger partial charge in [0.05, 0.1) is 11.9 Å². The van der Waals surface area contributed by atoms with E-state index in [1.165, 1.54) is 0 Å². The van der Waals surface area contributed by atoms with Crippen LogP contribution in [-0.4, -0.2) is 48.6 Å². The van der Waals surface area contributed by atoms with Gasteiger partial charge in [0.1, 0.15) is 24.4 Å². The van der Waals surface area contributed by atoms with Gasteiger partial charge in [0.15, 0.2) is 0 Å². The Kier molecular flexibility index (Phi) is 4.75. The van der Waals surface area contributed by atoms with E-state index >= 15 is 0 Å². The molecule has 6 heteroatoms. The fourth-order valence-electron chi connectivity index (χ4n) is 3.41. The molecule has 0 aliphatic carbocycles. The SMILES string of the molecule is CN1CCC(Oc2ccc(NC(=O)C3COc4ccccc43)cn2)CC1. The summed E-state index contributed by atoms with van der Waals surface area (Å²) in [5.74, 6) is 1.02. The molecule has 1 aromatic carbocycles. The van der Waals surface area contributed by atoms with Crippen molar-refractivity contribution in [3.63, 3.8) is 0 Å². The lowest BCUT2D eigenvalue weighted by atomic mass is 10.0. The minimum Gasteiger partial charge on any atom is -0.492 e. The molecular formula is C20H23N3O3. The molecule has 136 valence electrons. The Morgan fingerprint density at radius 1 is 1.23 bits per heavy atom. The number of hydrogen-bond donors (Lipinski definition) is 1. The van der Waals surface area contributed by atoms with Gasteiger partial charge in [-0.2, -0.15) is 0 Å². The summed E-state index contributed by atoms with van der Waals surface area (Å²) in [6.45, 7) is 2.46. The topological polar surface area (TPSA) is 63.7 Å². The molecule has 4 rings (SSSR count). The zero-order valence-electron chi connectivity index (χ0n) is 14.9. The number of fused-ring (bicyclic) bond motifs is 1. The average Bonchev–Trinajstić information content (AvgIpc) is 3.09. The number of piperidine rings is 1. The van der Waals surface area contributed by atoms with Crippen LogP contribution in [0.3, 0.4) is 0 Å². The lowest BCUT2D eigenvalue weighted by molar-refractivity contribution is -0.117. The highest BCUT2D eigenvalue weighted by Crippen LogP contribution is 2.34. The quantitative estimate of drug-likeness (QED) is 0.916. The van der Waals surface area contributed by atoms with Crippen molar-refractivity contribution >= 4 is 11.6 Å². The maximum absolute atomic E-state index is 12.6. The molecule has 1 atom stereocenters. The number of amides is 1. The molecule has 2 aliphatic rings. The summed E-state index contributed by atoms with van der Waals surface area (Å²) in [5.41, 5.74) is 1.59. The van der Waals surface area contributed by atoms with E-state index in [1.807, 2.05) is 36.4 Å². The summed E-state index contributed by atoms with van der Waals surface area (Å²) in [7, 11) is 2.12. The van der Waals surface area contributed by atoms with Crippen molar-refractivity contribution in [3.8, 4) is 11.6 Å². The number of carbonyl (C=O) groups is 1. The van der Waals surface area contributed by atoms with Crippen LogP contribution < -0.4 is 14.8 Å². The highest BCUT2D eigenvalue weighted by atomic mass is 16.5. The zero-order valence-corrected chi connectivity index (χ0v) is 14.9. The summed E-state index contributed by atoms with van der Waals surface area (Å²) in [4.78, 5) is 19.2. The van der Waals surface area contributed by atoms with Crippen LogP contribution in [-0.2, 0) is 4.79 Å². The lowest BCUT2D eigenvalue weighted by Crippen LogP contribution is -2.35. The van der Waals surface area contributed by atoms with Crippen LogP contribution in [0.5, 0.6) is 11.6 Å². The first-order valence-corrected chi connectivity index (χ1v) is 9.03. The average molecular weight is 353 g/mol. The molecule has 1 saturated heterocycles. The number of rotatable bonds is 4. The van der Waals surface area contributed by atoms with Crippen LogP contribution in [0.4, 0.5) is 5.69 Å². The normalized spacial score (nSPS) is 20.3. The van der Waals surface area contributed by atoms with Crippen molar-refractivity contribution in [2.24, 2.45) is 0 Å². The van der Waals surface area contributed by atoms with Gasteiger partial charge >= 0.3 is 0 Å². The maximum Gasteiger partial charge on any atom is 0.235 e. The van der Waals surface area contributed by atoms with Crippen molar-refractivity contribution in [2.75, 3.05) is 32.1 Å². The number of para-hydroxylation sites is 1. The lowest BCUT2D eigenvalue weighted by Gasteiger charge is -2.28. The fraction of sp³-hybridized carbons (Fsp3) is 0.400. The maximum atomic E-state index is 12.6. The first kappa shape index (κ1) is 16.8. The first-order chi connectivity index (χ1) is 12.7. The van der Waals surface area contributed by atoms with E-state index in [-0.39, 0.29) is 17.9 Å². The molecular weight excluding hydrogens is 330 g/mol. The molecule has 0 saturated carbocycles. The number of hydrogen-bond acceptors (Lipinski definition) is 5. The molecule has 1 N–H and O–H groups in total. The van der Waals surface area contributed by atoms with Gasteiger partial charge in [-0.25, -0.2) is 4.98 Å². The van der Waals surface area contributed by atoms with Crippen LogP contribution in [0.1, 0.15) is 24.3 Å². The number of anilines is 1. The first-order valence-electron chi connectivity index (χ1n) is 9.03. The van der Waals surface area contributed by atoms with Gasteiger partial charge in [-0.3, -0.25) is 4.79 Å². The zero-order chi connectivity index (χ0) is 17.9. The van der Waals surface area contributed by atoms with Gasteiger partial charge < -0.3 is 19.7 Å². The summed E-state index contributed by atoms with van der Waals surface area (Å²) in [6, 6.07) is 11.3. The molecule has 1 unspecified atom stereocenters. The Morgan fingerprint density at radius 3 is 2.81 bits per heavy atom. The van der Waals surface area contributed by atoms with Crippen LogP contribution in [0, 0.1) is 0 Å². The number of nitrogens with one attached hydrogen (secondary N) is 1. The number of ether oxygens (including phenoxy) is 2. The molecule has 0 bridgehead atoms. The summed E-state index contributed by atoms with van der Waals surface area (Å²) >= 11 is 0. The molecule has 3 heterocycles. The van der Waals surface area contributed by atoms with E-state index in [4.69, 9.17) is 9.47 Å². The number of likely N-dealkylation sites (tertiary alicyclic amines) is 1. The Hall–Kier alpha value is -2.60. The summed E-state index contributed by atoms with van der Waals surface area (Å²) in [5, 5.41) is 2.92. The molecule has 0 spiro atoms. The third kappa shape index (κ3) is 3.65. The standard InChI is InChI=1S/C20H23N3O3/c1-23-10-8-15(9-11-23)26-19-7-6-14(12-21-19)22-20(24)17-13-25-18-5-3-2-4-16(17)18/h2-7,12,15,17H,8-11,13H2,1H3,(H,22,24). The van der Waals surface area contributed by atoms with E-state index in [9.17, 15) is 4.79 Å². The monoisotopic (exact) mass is 353 g/mol. The van der Waals surface area contributed by atoms with E-state index < -0.39 is 0 Å². The minimum absolute atomic E-state index is 0.0827. The smallest absolute Gasteiger partial charge is 0.235 e. The Balaban J connectivity index is 1.35.